The van der Waals surface area contributed by atoms with Crippen molar-refractivity contribution >= 4 is 5.91 Å². The molecule has 1 amide bonds. The molecule has 3 nitrogen and oxygen atoms in total. The molecule has 1 aliphatic rings. The average Bonchev–Trinajstić information content (AvgIpc) is 3.24. The topological polar surface area (TPSA) is 46.3 Å². The van der Waals surface area contributed by atoms with Crippen LogP contribution in [0, 0.1) is 5.92 Å². The van der Waals surface area contributed by atoms with E-state index < -0.39 is 0 Å². The second-order valence-electron chi connectivity index (χ2n) is 4.90. The van der Waals surface area contributed by atoms with Gasteiger partial charge < -0.3 is 10.6 Å². The standard InChI is InChI=1S/C15H22N2O/c1-2-17(15(18)13-8-9-13)14(10-11-16)12-6-4-3-5-7-12/h3-7,13-14H,2,8-11,16H2,1H3. The van der Waals surface area contributed by atoms with E-state index in [0.717, 1.165) is 25.8 Å². The van der Waals surface area contributed by atoms with Crippen LogP contribution in [-0.2, 0) is 4.79 Å². The van der Waals surface area contributed by atoms with Gasteiger partial charge in [-0.05, 0) is 38.3 Å². The van der Waals surface area contributed by atoms with Crippen LogP contribution in [-0.4, -0.2) is 23.9 Å². The van der Waals surface area contributed by atoms with E-state index in [2.05, 4.69) is 12.1 Å². The zero-order chi connectivity index (χ0) is 13.0. The van der Waals surface area contributed by atoms with Gasteiger partial charge in [0, 0.05) is 12.5 Å². The van der Waals surface area contributed by atoms with Gasteiger partial charge in [0.05, 0.1) is 6.04 Å². The van der Waals surface area contributed by atoms with E-state index in [-0.39, 0.29) is 12.0 Å². The van der Waals surface area contributed by atoms with Crippen LogP contribution in [0.25, 0.3) is 0 Å². The van der Waals surface area contributed by atoms with E-state index in [9.17, 15) is 4.79 Å². The average molecular weight is 246 g/mol. The number of hydrogen-bond donors (Lipinski definition) is 1. The molecule has 0 heterocycles. The van der Waals surface area contributed by atoms with Crippen LogP contribution in [0.3, 0.4) is 0 Å². The Morgan fingerprint density at radius 3 is 2.56 bits per heavy atom. The highest BCUT2D eigenvalue weighted by Crippen LogP contribution is 2.34. The summed E-state index contributed by atoms with van der Waals surface area (Å²) in [6.07, 6.45) is 2.94. The summed E-state index contributed by atoms with van der Waals surface area (Å²) in [5.74, 6) is 0.578. The van der Waals surface area contributed by atoms with Crippen LogP contribution in [0.4, 0.5) is 0 Å². The van der Waals surface area contributed by atoms with Gasteiger partial charge in [-0.15, -0.1) is 0 Å². The van der Waals surface area contributed by atoms with Crippen molar-refractivity contribution in [3.63, 3.8) is 0 Å². The van der Waals surface area contributed by atoms with Crippen LogP contribution < -0.4 is 5.73 Å². The molecule has 1 saturated carbocycles. The highest BCUT2D eigenvalue weighted by atomic mass is 16.2. The highest BCUT2D eigenvalue weighted by Gasteiger charge is 2.35. The van der Waals surface area contributed by atoms with Crippen LogP contribution >= 0.6 is 0 Å². The number of carbonyl (C=O) groups excluding carboxylic acids is 1. The number of hydrogen-bond acceptors (Lipinski definition) is 2. The molecule has 1 aromatic rings. The molecule has 3 heteroatoms. The van der Waals surface area contributed by atoms with Gasteiger partial charge in [0.15, 0.2) is 0 Å². The molecule has 1 unspecified atom stereocenters. The van der Waals surface area contributed by atoms with Crippen molar-refractivity contribution in [2.24, 2.45) is 11.7 Å². The van der Waals surface area contributed by atoms with E-state index in [4.69, 9.17) is 5.73 Å². The molecular formula is C15H22N2O. The predicted molar refractivity (Wildman–Crippen MR) is 73.0 cm³/mol. The van der Waals surface area contributed by atoms with Crippen molar-refractivity contribution < 1.29 is 4.79 Å². The summed E-state index contributed by atoms with van der Waals surface area (Å²) >= 11 is 0. The molecule has 2 N–H and O–H groups in total. The van der Waals surface area contributed by atoms with Gasteiger partial charge in [-0.25, -0.2) is 0 Å². The Bertz CT molecular complexity index is 387. The maximum atomic E-state index is 12.3. The molecule has 0 aromatic heterocycles. The van der Waals surface area contributed by atoms with Crippen molar-refractivity contribution in [3.05, 3.63) is 35.9 Å². The van der Waals surface area contributed by atoms with Crippen molar-refractivity contribution in [1.29, 1.82) is 0 Å². The molecule has 0 saturated heterocycles. The largest absolute Gasteiger partial charge is 0.336 e. The third kappa shape index (κ3) is 2.91. The molecule has 1 aliphatic carbocycles. The molecule has 1 fully saturated rings. The van der Waals surface area contributed by atoms with Gasteiger partial charge in [0.2, 0.25) is 5.91 Å². The highest BCUT2D eigenvalue weighted by molar-refractivity contribution is 5.81. The summed E-state index contributed by atoms with van der Waals surface area (Å²) in [5, 5.41) is 0. The fourth-order valence-corrected chi connectivity index (χ4v) is 2.43. The van der Waals surface area contributed by atoms with Crippen LogP contribution in [0.5, 0.6) is 0 Å². The van der Waals surface area contributed by atoms with Gasteiger partial charge in [-0.3, -0.25) is 4.79 Å². The minimum atomic E-state index is 0.134. The summed E-state index contributed by atoms with van der Waals surface area (Å²) < 4.78 is 0. The fraction of sp³-hybridized carbons (Fsp3) is 0.533. The summed E-state index contributed by atoms with van der Waals surface area (Å²) in [6, 6.07) is 10.4. The lowest BCUT2D eigenvalue weighted by atomic mass is 10.0. The lowest BCUT2D eigenvalue weighted by Gasteiger charge is -2.31. The molecule has 0 bridgehead atoms. The zero-order valence-corrected chi connectivity index (χ0v) is 11.0. The summed E-state index contributed by atoms with van der Waals surface area (Å²) in [7, 11) is 0. The lowest BCUT2D eigenvalue weighted by molar-refractivity contribution is -0.135. The monoisotopic (exact) mass is 246 g/mol. The molecule has 18 heavy (non-hydrogen) atoms. The Morgan fingerprint density at radius 1 is 1.39 bits per heavy atom. The molecule has 98 valence electrons. The number of amides is 1. The van der Waals surface area contributed by atoms with Gasteiger partial charge in [0.25, 0.3) is 0 Å². The van der Waals surface area contributed by atoms with Gasteiger partial charge in [-0.1, -0.05) is 30.3 Å². The van der Waals surface area contributed by atoms with Gasteiger partial charge >= 0.3 is 0 Å². The maximum absolute atomic E-state index is 12.3. The van der Waals surface area contributed by atoms with Gasteiger partial charge in [-0.2, -0.15) is 0 Å². The van der Waals surface area contributed by atoms with Crippen LogP contribution in [0.15, 0.2) is 30.3 Å². The van der Waals surface area contributed by atoms with Crippen molar-refractivity contribution in [3.8, 4) is 0 Å². The third-order valence-corrected chi connectivity index (χ3v) is 3.55. The maximum Gasteiger partial charge on any atom is 0.226 e. The van der Waals surface area contributed by atoms with Crippen LogP contribution in [0.2, 0.25) is 0 Å². The van der Waals surface area contributed by atoms with E-state index >= 15 is 0 Å². The zero-order valence-electron chi connectivity index (χ0n) is 11.0. The smallest absolute Gasteiger partial charge is 0.226 e. The molecule has 0 radical (unpaired) electrons. The van der Waals surface area contributed by atoms with E-state index in [0.29, 0.717) is 12.5 Å². The summed E-state index contributed by atoms with van der Waals surface area (Å²) in [5.41, 5.74) is 6.91. The van der Waals surface area contributed by atoms with Crippen molar-refractivity contribution in [1.82, 2.24) is 4.90 Å². The number of rotatable bonds is 6. The second kappa shape index (κ2) is 6.01. The number of benzene rings is 1. The quantitative estimate of drug-likeness (QED) is 0.837. The first-order chi connectivity index (χ1) is 8.77. The molecule has 0 aliphatic heterocycles. The second-order valence-corrected chi connectivity index (χ2v) is 4.90. The van der Waals surface area contributed by atoms with Crippen molar-refractivity contribution in [2.45, 2.75) is 32.2 Å². The summed E-state index contributed by atoms with van der Waals surface area (Å²) in [4.78, 5) is 14.3. The molecule has 2 rings (SSSR count). The first kappa shape index (κ1) is 13.1. The van der Waals surface area contributed by atoms with E-state index in [1.54, 1.807) is 0 Å². The minimum Gasteiger partial charge on any atom is -0.336 e. The fourth-order valence-electron chi connectivity index (χ4n) is 2.43. The first-order valence-corrected chi connectivity index (χ1v) is 6.83. The molecule has 1 atom stereocenters. The molecule has 0 spiro atoms. The number of nitrogens with zero attached hydrogens (tertiary/aromatic N) is 1. The summed E-state index contributed by atoms with van der Waals surface area (Å²) in [6.45, 7) is 3.41. The number of nitrogens with two attached hydrogens (primary N) is 1. The van der Waals surface area contributed by atoms with E-state index in [1.165, 1.54) is 5.56 Å². The first-order valence-electron chi connectivity index (χ1n) is 6.83. The molecule has 1 aromatic carbocycles. The van der Waals surface area contributed by atoms with E-state index in [1.807, 2.05) is 30.0 Å². The Morgan fingerprint density at radius 2 is 2.06 bits per heavy atom. The van der Waals surface area contributed by atoms with Crippen LogP contribution in [0.1, 0.15) is 37.8 Å². The molecular weight excluding hydrogens is 224 g/mol. The Kier molecular flexibility index (Phi) is 4.37. The predicted octanol–water partition coefficient (Wildman–Crippen LogP) is 2.34. The third-order valence-electron chi connectivity index (χ3n) is 3.55. The lowest BCUT2D eigenvalue weighted by Crippen LogP contribution is -2.36. The van der Waals surface area contributed by atoms with Gasteiger partial charge in [0.1, 0.15) is 0 Å². The van der Waals surface area contributed by atoms with Crippen molar-refractivity contribution in [2.75, 3.05) is 13.1 Å². The number of carbonyl (C=O) groups is 1. The SMILES string of the molecule is CCN(C(=O)C1CC1)C(CCN)c1ccccc1. The Balaban J connectivity index is 2.19. The Hall–Kier alpha value is -1.35. The minimum absolute atomic E-state index is 0.134. The Labute approximate surface area is 109 Å². The normalized spacial score (nSPS) is 16.3.